The Bertz CT molecular complexity index is 1360. The number of fused-ring (bicyclic) bond motifs is 2. The third-order valence-electron chi connectivity index (χ3n) is 7.77. The number of amidine groups is 1. The van der Waals surface area contributed by atoms with E-state index in [0.717, 1.165) is 49.1 Å². The van der Waals surface area contributed by atoms with Crippen LogP contribution in [0.3, 0.4) is 0 Å². The zero-order valence-electron chi connectivity index (χ0n) is 22.7. The van der Waals surface area contributed by atoms with E-state index in [1.54, 1.807) is 0 Å². The van der Waals surface area contributed by atoms with E-state index in [4.69, 9.17) is 0 Å². The number of anilines is 2. The lowest BCUT2D eigenvalue weighted by Gasteiger charge is -2.45. The van der Waals surface area contributed by atoms with Gasteiger partial charge in [-0.25, -0.2) is 8.42 Å². The molecule has 1 aliphatic carbocycles. The van der Waals surface area contributed by atoms with Crippen molar-refractivity contribution < 1.29 is 26.4 Å². The van der Waals surface area contributed by atoms with Crippen molar-refractivity contribution in [2.24, 2.45) is 21.6 Å². The van der Waals surface area contributed by atoms with Gasteiger partial charge in [-0.1, -0.05) is 46.5 Å². The van der Waals surface area contributed by atoms with Gasteiger partial charge in [0, 0.05) is 25.6 Å². The minimum atomic E-state index is -4.30. The Kier molecular flexibility index (Phi) is 7.70. The zero-order valence-corrected chi connectivity index (χ0v) is 24.4. The minimum absolute atomic E-state index is 0.0198. The summed E-state index contributed by atoms with van der Waals surface area (Å²) in [5.41, 5.74) is 0.293. The molecule has 3 unspecified atom stereocenters. The van der Waals surface area contributed by atoms with Crippen LogP contribution in [-0.2, 0) is 29.6 Å². The molecule has 1 saturated carbocycles. The number of ketones is 1. The summed E-state index contributed by atoms with van der Waals surface area (Å²) < 4.78 is 55.3. The van der Waals surface area contributed by atoms with E-state index in [9.17, 15) is 26.4 Å². The van der Waals surface area contributed by atoms with E-state index < -0.39 is 31.9 Å². The van der Waals surface area contributed by atoms with E-state index >= 15 is 0 Å². The monoisotopic (exact) mass is 566 g/mol. The summed E-state index contributed by atoms with van der Waals surface area (Å²) in [6, 6.07) is 3.95. The molecule has 1 aromatic carbocycles. The summed E-state index contributed by atoms with van der Waals surface area (Å²) in [5, 5.41) is 2.94. The van der Waals surface area contributed by atoms with Crippen molar-refractivity contribution in [1.82, 2.24) is 4.90 Å². The van der Waals surface area contributed by atoms with E-state index in [0.29, 0.717) is 13.0 Å². The van der Waals surface area contributed by atoms with Crippen molar-refractivity contribution in [2.75, 3.05) is 29.5 Å². The Morgan fingerprint density at radius 3 is 2.39 bits per heavy atom. The first-order valence-corrected chi connectivity index (χ1v) is 16.4. The number of amides is 1. The third-order valence-corrected chi connectivity index (χ3v) is 10.3. The number of carbonyl (C=O) groups excluding carboxylic acids is 2. The quantitative estimate of drug-likeness (QED) is 0.540. The molecule has 0 aromatic heterocycles. The molecule has 210 valence electrons. The SMILES string of the molecule is CN(c1ccc2c(c1)S(=O)(=O)N=C(C1C(=O)C3CCCCCCC3N(CCC(C)(C)C)C1=O)N2)S(C)(=O)=O. The standard InChI is InChI=1S/C26H38N4O6S2/c1-26(2,3)14-15-30-20-11-9-7-6-8-10-18(20)23(31)22(25(30)32)24-27-19-13-12-17(29(4)37(5,33)34)16-21(19)38(35,36)28-24/h12-13,16,18,20,22H,6-11,14-15H2,1-5H3,(H,27,28). The predicted octanol–water partition coefficient (Wildman–Crippen LogP) is 3.40. The van der Waals surface area contributed by atoms with Crippen molar-refractivity contribution in [2.45, 2.75) is 76.7 Å². The van der Waals surface area contributed by atoms with Gasteiger partial charge in [0.1, 0.15) is 10.7 Å². The molecule has 1 N–H and O–H groups in total. The number of piperidine rings is 1. The molecule has 3 atom stereocenters. The number of sulfonamides is 2. The molecular formula is C26H38N4O6S2. The molecule has 0 radical (unpaired) electrons. The maximum absolute atomic E-state index is 13.9. The smallest absolute Gasteiger partial charge is 0.286 e. The second kappa shape index (κ2) is 10.3. The van der Waals surface area contributed by atoms with Crippen LogP contribution in [0, 0.1) is 17.3 Å². The highest BCUT2D eigenvalue weighted by Gasteiger charge is 2.50. The van der Waals surface area contributed by atoms with E-state index in [-0.39, 0.29) is 45.3 Å². The van der Waals surface area contributed by atoms with Crippen molar-refractivity contribution in [1.29, 1.82) is 0 Å². The molecular weight excluding hydrogens is 528 g/mol. The van der Waals surface area contributed by atoms with E-state index in [1.165, 1.54) is 25.2 Å². The zero-order chi connectivity index (χ0) is 28.0. The molecule has 12 heteroatoms. The van der Waals surface area contributed by atoms with Crippen LogP contribution >= 0.6 is 0 Å². The fourth-order valence-corrected chi connectivity index (χ4v) is 7.17. The van der Waals surface area contributed by atoms with Crippen molar-refractivity contribution in [3.63, 3.8) is 0 Å². The van der Waals surface area contributed by atoms with Gasteiger partial charge in [0.05, 0.1) is 17.6 Å². The average molecular weight is 567 g/mol. The van der Waals surface area contributed by atoms with Crippen LogP contribution in [0.25, 0.3) is 0 Å². The van der Waals surface area contributed by atoms with Crippen LogP contribution in [0.2, 0.25) is 0 Å². The van der Waals surface area contributed by atoms with Gasteiger partial charge in [0.15, 0.2) is 11.7 Å². The Morgan fingerprint density at radius 1 is 1.11 bits per heavy atom. The van der Waals surface area contributed by atoms with Crippen molar-refractivity contribution in [3.05, 3.63) is 18.2 Å². The molecule has 0 bridgehead atoms. The Morgan fingerprint density at radius 2 is 1.76 bits per heavy atom. The fraction of sp³-hybridized carbons (Fsp3) is 0.654. The van der Waals surface area contributed by atoms with Gasteiger partial charge >= 0.3 is 0 Å². The molecule has 10 nitrogen and oxygen atoms in total. The topological polar surface area (TPSA) is 133 Å². The molecule has 2 aliphatic heterocycles. The van der Waals surface area contributed by atoms with Gasteiger partial charge in [-0.2, -0.15) is 8.42 Å². The number of rotatable bonds is 5. The molecule has 1 amide bonds. The van der Waals surface area contributed by atoms with Crippen LogP contribution in [0.5, 0.6) is 0 Å². The Labute approximate surface area is 226 Å². The number of nitrogens with zero attached hydrogens (tertiary/aromatic N) is 3. The lowest BCUT2D eigenvalue weighted by atomic mass is 9.74. The van der Waals surface area contributed by atoms with Crippen LogP contribution in [0.1, 0.15) is 65.7 Å². The molecule has 38 heavy (non-hydrogen) atoms. The minimum Gasteiger partial charge on any atom is -0.341 e. The van der Waals surface area contributed by atoms with Crippen LogP contribution in [0.4, 0.5) is 11.4 Å². The molecule has 4 rings (SSSR count). The summed E-state index contributed by atoms with van der Waals surface area (Å²) in [4.78, 5) is 29.3. The highest BCUT2D eigenvalue weighted by molar-refractivity contribution is 7.92. The fourth-order valence-electron chi connectivity index (χ4n) is 5.50. The van der Waals surface area contributed by atoms with E-state index in [1.807, 2.05) is 4.90 Å². The molecule has 2 fully saturated rings. The van der Waals surface area contributed by atoms with Crippen molar-refractivity contribution >= 4 is 48.9 Å². The Hall–Kier alpha value is -2.47. The lowest BCUT2D eigenvalue weighted by Crippen LogP contribution is -2.60. The number of nitrogens with one attached hydrogen (secondary N) is 1. The van der Waals surface area contributed by atoms with Crippen LogP contribution in [0.15, 0.2) is 27.5 Å². The van der Waals surface area contributed by atoms with Gasteiger partial charge in [-0.15, -0.1) is 4.40 Å². The number of hydrogen-bond donors (Lipinski definition) is 1. The first-order chi connectivity index (χ1) is 17.6. The Balaban J connectivity index is 1.72. The molecule has 2 heterocycles. The van der Waals surface area contributed by atoms with E-state index in [2.05, 4.69) is 30.5 Å². The maximum atomic E-state index is 13.9. The van der Waals surface area contributed by atoms with Gasteiger partial charge in [0.25, 0.3) is 10.0 Å². The van der Waals surface area contributed by atoms with Crippen LogP contribution < -0.4 is 9.62 Å². The van der Waals surface area contributed by atoms with Gasteiger partial charge in [-0.3, -0.25) is 13.9 Å². The maximum Gasteiger partial charge on any atom is 0.286 e. The predicted molar refractivity (Wildman–Crippen MR) is 147 cm³/mol. The first-order valence-electron chi connectivity index (χ1n) is 13.1. The highest BCUT2D eigenvalue weighted by atomic mass is 32.2. The van der Waals surface area contributed by atoms with Gasteiger partial charge in [0.2, 0.25) is 15.9 Å². The molecule has 1 saturated heterocycles. The third kappa shape index (κ3) is 5.75. The normalized spacial score (nSPS) is 25.9. The number of hydrogen-bond acceptors (Lipinski definition) is 7. The second-order valence-electron chi connectivity index (χ2n) is 11.8. The number of Topliss-reactive ketones (excluding diaryl/α,β-unsaturated/α-hetero) is 1. The summed E-state index contributed by atoms with van der Waals surface area (Å²) in [6.45, 7) is 6.80. The molecule has 3 aliphatic rings. The summed E-state index contributed by atoms with van der Waals surface area (Å²) >= 11 is 0. The highest BCUT2D eigenvalue weighted by Crippen LogP contribution is 2.39. The van der Waals surface area contributed by atoms with Gasteiger partial charge in [-0.05, 0) is 42.9 Å². The van der Waals surface area contributed by atoms with Crippen LogP contribution in [-0.4, -0.2) is 65.2 Å². The number of likely N-dealkylation sites (tertiary alicyclic amines) is 1. The molecule has 0 spiro atoms. The summed E-state index contributed by atoms with van der Waals surface area (Å²) in [5.74, 6) is -2.54. The number of benzene rings is 1. The summed E-state index contributed by atoms with van der Waals surface area (Å²) in [6.07, 6.45) is 7.13. The lowest BCUT2D eigenvalue weighted by molar-refractivity contribution is -0.151. The van der Waals surface area contributed by atoms with Gasteiger partial charge < -0.3 is 10.2 Å². The number of carbonyl (C=O) groups is 2. The average Bonchev–Trinajstić information content (AvgIpc) is 2.77. The molecule has 1 aromatic rings. The first kappa shape index (κ1) is 28.5. The largest absolute Gasteiger partial charge is 0.341 e. The second-order valence-corrected chi connectivity index (χ2v) is 15.4. The summed E-state index contributed by atoms with van der Waals surface area (Å²) in [7, 11) is -6.59. The van der Waals surface area contributed by atoms with Crippen molar-refractivity contribution in [3.8, 4) is 0 Å².